The monoisotopic (exact) mass is 504 g/mol. The highest BCUT2D eigenvalue weighted by Gasteiger charge is 2.49. The molecular formula is C24H24O5Si4. The van der Waals surface area contributed by atoms with Gasteiger partial charge in [0.1, 0.15) is 0 Å². The molecule has 0 spiro atoms. The van der Waals surface area contributed by atoms with Crippen LogP contribution in [0.3, 0.4) is 0 Å². The van der Waals surface area contributed by atoms with Crippen molar-refractivity contribution in [3.8, 4) is 0 Å². The highest BCUT2D eigenvalue weighted by atomic mass is 28.5. The Morgan fingerprint density at radius 3 is 1.18 bits per heavy atom. The Balaban J connectivity index is 1.59. The number of rotatable bonds is 4. The van der Waals surface area contributed by atoms with Crippen LogP contribution in [0.5, 0.6) is 0 Å². The molecule has 1 heterocycles. The molecule has 5 nitrogen and oxygen atoms in total. The van der Waals surface area contributed by atoms with E-state index in [1.165, 1.54) is 0 Å². The van der Waals surface area contributed by atoms with E-state index in [0.29, 0.717) is 5.19 Å². The molecule has 1 fully saturated rings. The average Bonchev–Trinajstić information content (AvgIpc) is 2.88. The summed E-state index contributed by atoms with van der Waals surface area (Å²) in [5.41, 5.74) is 0. The summed E-state index contributed by atoms with van der Waals surface area (Å²) in [4.78, 5) is 11.9. The zero-order valence-electron chi connectivity index (χ0n) is 17.9. The topological polar surface area (TPSA) is 57.2 Å². The number of hydrogen-bond acceptors (Lipinski definition) is 5. The zero-order chi connectivity index (χ0) is 22.5. The van der Waals surface area contributed by atoms with Crippen molar-refractivity contribution in [1.29, 1.82) is 0 Å². The van der Waals surface area contributed by atoms with Crippen molar-refractivity contribution in [1.82, 2.24) is 0 Å². The maximum Gasteiger partial charge on any atom is 0.516 e. The molecule has 2 atom stereocenters. The lowest BCUT2D eigenvalue weighted by atomic mass is 10.4. The summed E-state index contributed by atoms with van der Waals surface area (Å²) in [7, 11) is -11.3. The van der Waals surface area contributed by atoms with Gasteiger partial charge in [-0.15, -0.1) is 0 Å². The molecular weight excluding hydrogens is 481 g/mol. The molecule has 5 rings (SSSR count). The van der Waals surface area contributed by atoms with Gasteiger partial charge in [-0.2, -0.15) is 0 Å². The van der Waals surface area contributed by atoms with Gasteiger partial charge in [0.05, 0.1) is 0 Å². The average molecular weight is 505 g/mol. The minimum atomic E-state index is -3.82. The summed E-state index contributed by atoms with van der Waals surface area (Å²) in [5.74, 6) is 0. The van der Waals surface area contributed by atoms with Gasteiger partial charge < -0.3 is 21.3 Å². The van der Waals surface area contributed by atoms with E-state index >= 15 is 0 Å². The van der Waals surface area contributed by atoms with Crippen LogP contribution in [0.1, 0.15) is 0 Å². The van der Waals surface area contributed by atoms with Crippen LogP contribution < -0.4 is 20.7 Å². The first-order valence-corrected chi connectivity index (χ1v) is 17.1. The van der Waals surface area contributed by atoms with Crippen molar-refractivity contribution in [3.05, 3.63) is 121 Å². The molecule has 0 saturated carbocycles. The lowest BCUT2D eigenvalue weighted by molar-refractivity contribution is 0.218. The Morgan fingerprint density at radius 1 is 0.455 bits per heavy atom. The minimum absolute atomic E-state index is 0.652. The Kier molecular flexibility index (Phi) is 6.92. The molecule has 4 aromatic rings. The summed E-state index contributed by atoms with van der Waals surface area (Å²) in [6, 6.07) is 39.1. The molecule has 0 aromatic heterocycles. The second-order valence-electron chi connectivity index (χ2n) is 7.68. The fourth-order valence-corrected chi connectivity index (χ4v) is 17.7. The third-order valence-electron chi connectivity index (χ3n) is 5.38. The minimum Gasteiger partial charge on any atom is -0.413 e. The van der Waals surface area contributed by atoms with Gasteiger partial charge in [-0.3, -0.25) is 0 Å². The van der Waals surface area contributed by atoms with Crippen LogP contribution in [0.25, 0.3) is 0 Å². The molecule has 9 heteroatoms. The summed E-state index contributed by atoms with van der Waals surface area (Å²) in [5, 5.41) is 3.57. The van der Waals surface area contributed by atoms with Crippen LogP contribution in [0.2, 0.25) is 0 Å². The van der Waals surface area contributed by atoms with Crippen LogP contribution in [0, 0.1) is 0 Å². The van der Waals surface area contributed by atoms with Crippen molar-refractivity contribution in [2.45, 2.75) is 0 Å². The first kappa shape index (κ1) is 22.3. The van der Waals surface area contributed by atoms with Gasteiger partial charge in [-0.1, -0.05) is 121 Å². The van der Waals surface area contributed by atoms with Gasteiger partial charge in [0, 0.05) is 5.19 Å². The predicted octanol–water partition coefficient (Wildman–Crippen LogP) is 0.288. The highest BCUT2D eigenvalue weighted by Crippen LogP contribution is 2.16. The van der Waals surface area contributed by atoms with E-state index in [0.717, 1.165) is 15.6 Å². The quantitative estimate of drug-likeness (QED) is 0.405. The van der Waals surface area contributed by atoms with E-state index in [1.807, 2.05) is 121 Å². The maximum absolute atomic E-state index is 11.9. The summed E-state index contributed by atoms with van der Waals surface area (Å²) < 4.78 is 26.5. The van der Waals surface area contributed by atoms with E-state index < -0.39 is 36.7 Å². The molecule has 4 aromatic carbocycles. The lowest BCUT2D eigenvalue weighted by Gasteiger charge is -2.37. The summed E-state index contributed by atoms with van der Waals surface area (Å²) in [6.45, 7) is 0. The largest absolute Gasteiger partial charge is 0.516 e. The Morgan fingerprint density at radius 2 is 0.788 bits per heavy atom. The smallest absolute Gasteiger partial charge is 0.413 e. The summed E-state index contributed by atoms with van der Waals surface area (Å²) in [6.07, 6.45) is 0. The van der Waals surface area contributed by atoms with E-state index in [-0.39, 0.29) is 0 Å². The van der Waals surface area contributed by atoms with Gasteiger partial charge in [-0.05, 0) is 15.6 Å². The van der Waals surface area contributed by atoms with Crippen LogP contribution in [-0.4, -0.2) is 41.5 Å². The molecule has 0 bridgehead atoms. The summed E-state index contributed by atoms with van der Waals surface area (Å²) >= 11 is 0. The van der Waals surface area contributed by atoms with Crippen molar-refractivity contribution < 1.29 is 21.3 Å². The van der Waals surface area contributed by atoms with E-state index in [1.54, 1.807) is 0 Å². The van der Waals surface area contributed by atoms with Crippen LogP contribution in [0.15, 0.2) is 121 Å². The Hall–Kier alpha value is -2.45. The number of hydrogen-bond donors (Lipinski definition) is 1. The SMILES string of the molecule is O[Si]1(c2ccccc2)O[SiH](c2ccccc2)O[SiH](c2ccccc2)O[SiH](c2ccccc2)O1. The van der Waals surface area contributed by atoms with Gasteiger partial charge in [-0.25, -0.2) is 0 Å². The molecule has 0 radical (unpaired) electrons. The maximum atomic E-state index is 11.9. The van der Waals surface area contributed by atoms with Gasteiger partial charge in [0.25, 0.3) is 0 Å². The third-order valence-corrected chi connectivity index (χ3v) is 17.5. The predicted molar refractivity (Wildman–Crippen MR) is 138 cm³/mol. The molecule has 2 unspecified atom stereocenters. The molecule has 1 aliphatic heterocycles. The van der Waals surface area contributed by atoms with Crippen LogP contribution in [0.4, 0.5) is 0 Å². The first-order chi connectivity index (χ1) is 16.2. The molecule has 166 valence electrons. The molecule has 1 saturated heterocycles. The van der Waals surface area contributed by atoms with Crippen LogP contribution >= 0.6 is 0 Å². The molecule has 33 heavy (non-hydrogen) atoms. The van der Waals surface area contributed by atoms with Crippen molar-refractivity contribution in [3.63, 3.8) is 0 Å². The molecule has 1 aliphatic rings. The Labute approximate surface area is 199 Å². The zero-order valence-corrected chi connectivity index (χ0v) is 22.3. The van der Waals surface area contributed by atoms with E-state index in [2.05, 4.69) is 0 Å². The highest BCUT2D eigenvalue weighted by molar-refractivity contribution is 6.91. The second-order valence-corrected chi connectivity index (χ2v) is 17.5. The van der Waals surface area contributed by atoms with Crippen molar-refractivity contribution in [2.24, 2.45) is 0 Å². The van der Waals surface area contributed by atoms with Gasteiger partial charge in [0.15, 0.2) is 0 Å². The van der Waals surface area contributed by atoms with Gasteiger partial charge in [0.2, 0.25) is 0 Å². The fraction of sp³-hybridized carbons (Fsp3) is 0. The molecule has 1 N–H and O–H groups in total. The fourth-order valence-electron chi connectivity index (χ4n) is 3.70. The standard InChI is InChI=1S/C24H24O5Si4/c25-33(24-19-11-4-12-20-24)28-31(22-15-7-2-8-16-22)26-30(21-13-5-1-6-14-21)27-32(29-33)23-17-9-3-10-18-23/h1-20,25,30-32H. The van der Waals surface area contributed by atoms with E-state index in [4.69, 9.17) is 16.5 Å². The third kappa shape index (κ3) is 5.22. The first-order valence-electron chi connectivity index (χ1n) is 10.8. The van der Waals surface area contributed by atoms with Crippen molar-refractivity contribution >= 4 is 57.4 Å². The van der Waals surface area contributed by atoms with Crippen molar-refractivity contribution in [2.75, 3.05) is 0 Å². The van der Waals surface area contributed by atoms with E-state index in [9.17, 15) is 4.80 Å². The number of benzene rings is 4. The van der Waals surface area contributed by atoms with Gasteiger partial charge >= 0.3 is 36.7 Å². The molecule has 0 amide bonds. The Bertz CT molecular complexity index is 1100. The second kappa shape index (κ2) is 10.2. The van der Waals surface area contributed by atoms with Crippen LogP contribution in [-0.2, 0) is 16.5 Å². The normalized spacial score (nSPS) is 25.7. The molecule has 0 aliphatic carbocycles. The lowest BCUT2D eigenvalue weighted by Crippen LogP contribution is -2.68.